The first kappa shape index (κ1) is 10.2. The summed E-state index contributed by atoms with van der Waals surface area (Å²) in [6, 6.07) is 7.52. The molecule has 0 fully saturated rings. The van der Waals surface area contributed by atoms with E-state index in [0.29, 0.717) is 12.3 Å². The van der Waals surface area contributed by atoms with Crippen LogP contribution in [0, 0.1) is 0 Å². The van der Waals surface area contributed by atoms with Gasteiger partial charge in [0.25, 0.3) is 0 Å². The van der Waals surface area contributed by atoms with Crippen molar-refractivity contribution in [2.75, 3.05) is 6.61 Å². The Kier molecular flexibility index (Phi) is 2.11. The zero-order valence-electron chi connectivity index (χ0n) is 9.51. The Balaban J connectivity index is 2.38. The van der Waals surface area contributed by atoms with E-state index in [1.807, 2.05) is 29.7 Å². The van der Waals surface area contributed by atoms with E-state index < -0.39 is 5.97 Å². The van der Waals surface area contributed by atoms with Crippen molar-refractivity contribution < 1.29 is 14.6 Å². The van der Waals surface area contributed by atoms with Crippen LogP contribution in [0.25, 0.3) is 10.9 Å². The molecule has 1 atom stereocenters. The van der Waals surface area contributed by atoms with E-state index in [1.54, 1.807) is 6.07 Å². The molecule has 1 aromatic heterocycles. The summed E-state index contributed by atoms with van der Waals surface area (Å²) in [5.74, 6) is -0.104. The second kappa shape index (κ2) is 3.52. The number of hydrogen-bond donors (Lipinski definition) is 1. The van der Waals surface area contributed by atoms with Crippen molar-refractivity contribution in [2.24, 2.45) is 0 Å². The molecule has 2 heterocycles. The molecule has 1 aromatic carbocycles. The van der Waals surface area contributed by atoms with Gasteiger partial charge in [0.05, 0.1) is 11.6 Å². The molecule has 0 radical (unpaired) electrons. The number of aromatic nitrogens is 1. The Morgan fingerprint density at radius 3 is 3.12 bits per heavy atom. The van der Waals surface area contributed by atoms with Crippen LogP contribution in [0.4, 0.5) is 0 Å². The zero-order valence-corrected chi connectivity index (χ0v) is 9.51. The standard InChI is InChI=1S/C13H13NO3/c1-2-9-7-17-11-5-3-4-8-6-10(13(15)16)14(9)12(8)11/h3-6,9H,2,7H2,1H3,(H,15,16). The third-order valence-corrected chi connectivity index (χ3v) is 3.31. The first-order valence-corrected chi connectivity index (χ1v) is 5.72. The average molecular weight is 231 g/mol. The van der Waals surface area contributed by atoms with E-state index in [9.17, 15) is 9.90 Å². The molecule has 4 nitrogen and oxygen atoms in total. The van der Waals surface area contributed by atoms with E-state index in [1.165, 1.54) is 0 Å². The Morgan fingerprint density at radius 2 is 2.41 bits per heavy atom. The van der Waals surface area contributed by atoms with Gasteiger partial charge in [0.1, 0.15) is 18.1 Å². The highest BCUT2D eigenvalue weighted by Gasteiger charge is 2.26. The quantitative estimate of drug-likeness (QED) is 0.864. The van der Waals surface area contributed by atoms with Crippen molar-refractivity contribution in [3.63, 3.8) is 0 Å². The van der Waals surface area contributed by atoms with Crippen LogP contribution in [0.3, 0.4) is 0 Å². The Labute approximate surface area is 98.4 Å². The van der Waals surface area contributed by atoms with Gasteiger partial charge in [-0.2, -0.15) is 0 Å². The maximum atomic E-state index is 11.3. The average Bonchev–Trinajstić information content (AvgIpc) is 2.72. The van der Waals surface area contributed by atoms with Gasteiger partial charge in [0.15, 0.2) is 0 Å². The molecular weight excluding hydrogens is 218 g/mol. The number of hydrogen-bond acceptors (Lipinski definition) is 2. The second-order valence-electron chi connectivity index (χ2n) is 4.27. The summed E-state index contributed by atoms with van der Waals surface area (Å²) < 4.78 is 7.58. The Bertz CT molecular complexity index is 600. The number of aromatic carboxylic acids is 1. The monoisotopic (exact) mass is 231 g/mol. The van der Waals surface area contributed by atoms with Crippen LogP contribution < -0.4 is 4.74 Å². The summed E-state index contributed by atoms with van der Waals surface area (Å²) >= 11 is 0. The lowest BCUT2D eigenvalue weighted by molar-refractivity contribution is 0.0679. The van der Waals surface area contributed by atoms with Crippen molar-refractivity contribution in [3.05, 3.63) is 30.0 Å². The molecule has 2 aromatic rings. The van der Waals surface area contributed by atoms with Gasteiger partial charge in [0, 0.05) is 5.39 Å². The summed E-state index contributed by atoms with van der Waals surface area (Å²) in [6.45, 7) is 2.58. The molecule has 88 valence electrons. The second-order valence-corrected chi connectivity index (χ2v) is 4.27. The van der Waals surface area contributed by atoms with Gasteiger partial charge in [-0.05, 0) is 18.6 Å². The van der Waals surface area contributed by atoms with Gasteiger partial charge in [-0.3, -0.25) is 0 Å². The predicted molar refractivity (Wildman–Crippen MR) is 63.7 cm³/mol. The Hall–Kier alpha value is -1.97. The maximum absolute atomic E-state index is 11.3. The fraction of sp³-hybridized carbons (Fsp3) is 0.308. The first-order valence-electron chi connectivity index (χ1n) is 5.72. The van der Waals surface area contributed by atoms with Crippen LogP contribution in [-0.4, -0.2) is 22.2 Å². The SMILES string of the molecule is CCC1COc2cccc3cc(C(=O)O)n1c23. The highest BCUT2D eigenvalue weighted by atomic mass is 16.5. The normalized spacial score (nSPS) is 18.1. The number of rotatable bonds is 2. The third kappa shape index (κ3) is 1.33. The van der Waals surface area contributed by atoms with Crippen LogP contribution in [-0.2, 0) is 0 Å². The number of benzene rings is 1. The molecule has 1 N–H and O–H groups in total. The summed E-state index contributed by atoms with van der Waals surface area (Å²) in [5.41, 5.74) is 1.26. The minimum atomic E-state index is -0.882. The molecule has 1 aliphatic heterocycles. The number of ether oxygens (including phenoxy) is 1. The van der Waals surface area contributed by atoms with Crippen molar-refractivity contribution in [2.45, 2.75) is 19.4 Å². The number of para-hydroxylation sites is 1. The highest BCUT2D eigenvalue weighted by molar-refractivity contribution is 5.97. The van der Waals surface area contributed by atoms with Gasteiger partial charge in [0.2, 0.25) is 0 Å². The van der Waals surface area contributed by atoms with E-state index in [0.717, 1.165) is 23.1 Å². The van der Waals surface area contributed by atoms with Crippen molar-refractivity contribution in [1.82, 2.24) is 4.57 Å². The van der Waals surface area contributed by atoms with Gasteiger partial charge in [-0.1, -0.05) is 19.1 Å². The van der Waals surface area contributed by atoms with Crippen LogP contribution >= 0.6 is 0 Å². The number of carboxylic acids is 1. The van der Waals surface area contributed by atoms with Gasteiger partial charge in [-0.15, -0.1) is 0 Å². The van der Waals surface area contributed by atoms with E-state index in [-0.39, 0.29) is 6.04 Å². The van der Waals surface area contributed by atoms with Crippen LogP contribution in [0.2, 0.25) is 0 Å². The highest BCUT2D eigenvalue weighted by Crippen LogP contribution is 2.36. The van der Waals surface area contributed by atoms with Crippen LogP contribution in [0.1, 0.15) is 29.9 Å². The fourth-order valence-corrected chi connectivity index (χ4v) is 2.47. The molecule has 0 bridgehead atoms. The molecule has 0 aliphatic carbocycles. The summed E-state index contributed by atoms with van der Waals surface area (Å²) in [5, 5.41) is 10.2. The number of nitrogens with zero attached hydrogens (tertiary/aromatic N) is 1. The molecule has 17 heavy (non-hydrogen) atoms. The van der Waals surface area contributed by atoms with E-state index >= 15 is 0 Å². The van der Waals surface area contributed by atoms with Crippen molar-refractivity contribution in [3.8, 4) is 5.75 Å². The van der Waals surface area contributed by atoms with Crippen LogP contribution in [0.15, 0.2) is 24.3 Å². The lowest BCUT2D eigenvalue weighted by Crippen LogP contribution is -2.24. The van der Waals surface area contributed by atoms with Gasteiger partial charge >= 0.3 is 5.97 Å². The molecule has 0 saturated heterocycles. The van der Waals surface area contributed by atoms with Gasteiger partial charge in [-0.25, -0.2) is 4.79 Å². The smallest absolute Gasteiger partial charge is 0.352 e. The molecule has 0 saturated carbocycles. The topological polar surface area (TPSA) is 51.5 Å². The summed E-state index contributed by atoms with van der Waals surface area (Å²) in [6.07, 6.45) is 0.860. The molecule has 4 heteroatoms. The minimum absolute atomic E-state index is 0.105. The summed E-state index contributed by atoms with van der Waals surface area (Å²) in [7, 11) is 0. The predicted octanol–water partition coefficient (Wildman–Crippen LogP) is 2.68. The third-order valence-electron chi connectivity index (χ3n) is 3.31. The largest absolute Gasteiger partial charge is 0.489 e. The Morgan fingerprint density at radius 1 is 1.59 bits per heavy atom. The molecule has 0 spiro atoms. The summed E-state index contributed by atoms with van der Waals surface area (Å²) in [4.78, 5) is 11.3. The zero-order chi connectivity index (χ0) is 12.0. The lowest BCUT2D eigenvalue weighted by Gasteiger charge is -2.26. The van der Waals surface area contributed by atoms with Crippen molar-refractivity contribution in [1.29, 1.82) is 0 Å². The van der Waals surface area contributed by atoms with Crippen LogP contribution in [0.5, 0.6) is 5.75 Å². The molecular formula is C13H13NO3. The molecule has 3 rings (SSSR count). The molecule has 1 unspecified atom stereocenters. The minimum Gasteiger partial charge on any atom is -0.489 e. The number of carboxylic acid groups (broad SMARTS) is 1. The number of carbonyl (C=O) groups is 1. The van der Waals surface area contributed by atoms with Crippen molar-refractivity contribution >= 4 is 16.9 Å². The lowest BCUT2D eigenvalue weighted by atomic mass is 10.1. The van der Waals surface area contributed by atoms with E-state index in [4.69, 9.17) is 4.74 Å². The maximum Gasteiger partial charge on any atom is 0.352 e. The fourth-order valence-electron chi connectivity index (χ4n) is 2.47. The first-order chi connectivity index (χ1) is 8.22. The molecule has 1 aliphatic rings. The molecule has 0 amide bonds. The van der Waals surface area contributed by atoms with Gasteiger partial charge < -0.3 is 14.4 Å². The van der Waals surface area contributed by atoms with E-state index in [2.05, 4.69) is 0 Å².